The molecule has 1 aromatic heterocycles. The largest absolute Gasteiger partial charge is 0.465 e. The van der Waals surface area contributed by atoms with Gasteiger partial charge in [-0.1, -0.05) is 47.7 Å². The molecule has 1 N–H and O–H groups in total. The van der Waals surface area contributed by atoms with E-state index in [2.05, 4.69) is 53.6 Å². The first-order valence-electron chi connectivity index (χ1n) is 13.6. The number of carboxylic acid groups (broad SMARTS) is 1. The van der Waals surface area contributed by atoms with Crippen LogP contribution in [0.15, 0.2) is 60.8 Å². The Morgan fingerprint density at radius 3 is 2.05 bits per heavy atom. The fraction of sp³-hybridized carbons (Fsp3) is 0.355. The summed E-state index contributed by atoms with van der Waals surface area (Å²) in [5.74, 6) is 0. The Balaban J connectivity index is 1.25. The number of carbonyl (C=O) groups excluding carboxylic acids is 1. The van der Waals surface area contributed by atoms with Crippen LogP contribution in [0.25, 0.3) is 28.1 Å². The summed E-state index contributed by atoms with van der Waals surface area (Å²) in [5.41, 5.74) is 7.91. The molecule has 0 saturated heterocycles. The van der Waals surface area contributed by atoms with Crippen LogP contribution in [0.2, 0.25) is 0 Å². The molecule has 40 heavy (non-hydrogen) atoms. The quantitative estimate of drug-likeness (QED) is 0.433. The highest BCUT2D eigenvalue weighted by molar-refractivity contribution is 5.74. The Morgan fingerprint density at radius 1 is 0.875 bits per heavy atom. The molecule has 0 fully saturated rings. The predicted octanol–water partition coefficient (Wildman–Crippen LogP) is 6.03. The van der Waals surface area contributed by atoms with Gasteiger partial charge in [0.05, 0.1) is 11.9 Å². The maximum atomic E-state index is 12.4. The van der Waals surface area contributed by atoms with Gasteiger partial charge in [-0.3, -0.25) is 0 Å². The number of carbonyl (C=O) groups is 2. The molecule has 0 unspecified atom stereocenters. The molecular weight excluding hydrogens is 506 g/mol. The molecule has 3 heterocycles. The third-order valence-corrected chi connectivity index (χ3v) is 7.20. The van der Waals surface area contributed by atoms with Crippen LogP contribution in [-0.4, -0.2) is 73.9 Å². The minimum Gasteiger partial charge on any atom is -0.465 e. The van der Waals surface area contributed by atoms with Crippen LogP contribution in [0.5, 0.6) is 0 Å². The van der Waals surface area contributed by atoms with Gasteiger partial charge in [0, 0.05) is 31.7 Å². The topological polar surface area (TPSA) is 101 Å². The number of rotatable bonds is 4. The van der Waals surface area contributed by atoms with Gasteiger partial charge >= 0.3 is 12.2 Å². The maximum Gasteiger partial charge on any atom is 0.410 e. The Morgan fingerprint density at radius 2 is 1.48 bits per heavy atom. The summed E-state index contributed by atoms with van der Waals surface area (Å²) in [7, 11) is 0. The summed E-state index contributed by atoms with van der Waals surface area (Å²) >= 11 is 0. The van der Waals surface area contributed by atoms with E-state index in [-0.39, 0.29) is 6.09 Å². The molecule has 9 nitrogen and oxygen atoms in total. The molecule has 0 atom stereocenters. The molecule has 2 aromatic carbocycles. The van der Waals surface area contributed by atoms with Crippen LogP contribution in [0.1, 0.15) is 50.3 Å². The average Bonchev–Trinajstić information content (AvgIpc) is 3.42. The van der Waals surface area contributed by atoms with E-state index in [0.717, 1.165) is 45.6 Å². The lowest BCUT2D eigenvalue weighted by Gasteiger charge is -2.29. The molecule has 9 heteroatoms. The van der Waals surface area contributed by atoms with E-state index in [1.807, 2.05) is 45.2 Å². The van der Waals surface area contributed by atoms with Crippen molar-refractivity contribution in [1.82, 2.24) is 24.8 Å². The summed E-state index contributed by atoms with van der Waals surface area (Å²) in [6.45, 7) is 9.79. The zero-order chi connectivity index (χ0) is 28.4. The van der Waals surface area contributed by atoms with Crippen molar-refractivity contribution in [3.05, 3.63) is 77.5 Å². The second kappa shape index (κ2) is 11.0. The van der Waals surface area contributed by atoms with E-state index in [4.69, 9.17) is 9.84 Å². The zero-order valence-electron chi connectivity index (χ0n) is 23.4. The Bertz CT molecular complexity index is 1480. The van der Waals surface area contributed by atoms with Crippen molar-refractivity contribution in [2.24, 2.45) is 0 Å². The first-order valence-corrected chi connectivity index (χ1v) is 13.6. The molecule has 2 amide bonds. The monoisotopic (exact) mass is 541 g/mol. The van der Waals surface area contributed by atoms with Gasteiger partial charge < -0.3 is 19.6 Å². The molecule has 0 aliphatic carbocycles. The lowest BCUT2D eigenvalue weighted by molar-refractivity contribution is 0.0270. The summed E-state index contributed by atoms with van der Waals surface area (Å²) in [6, 6.07) is 14.5. The fourth-order valence-corrected chi connectivity index (χ4v) is 5.01. The maximum absolute atomic E-state index is 12.4. The van der Waals surface area contributed by atoms with Gasteiger partial charge in [-0.25, -0.2) is 14.3 Å². The molecule has 208 valence electrons. The number of benzene rings is 2. The van der Waals surface area contributed by atoms with Crippen molar-refractivity contribution < 1.29 is 19.4 Å². The smallest absolute Gasteiger partial charge is 0.410 e. The minimum absolute atomic E-state index is 0.274. The second-order valence-electron chi connectivity index (χ2n) is 11.2. The average molecular weight is 542 g/mol. The molecule has 0 bridgehead atoms. The lowest BCUT2D eigenvalue weighted by Crippen LogP contribution is -2.39. The fourth-order valence-electron chi connectivity index (χ4n) is 5.01. The number of aromatic nitrogens is 3. The van der Waals surface area contributed by atoms with Crippen molar-refractivity contribution in [1.29, 1.82) is 0 Å². The molecule has 2 aliphatic rings. The van der Waals surface area contributed by atoms with Gasteiger partial charge in [0.15, 0.2) is 0 Å². The standard InChI is InChI=1S/C31H35N5O4/c1-21-19-26(24-13-17-35(18-14-24)30(39)40-31(2,3)4)9-10-28(21)36-20-27(32-33-36)25-7-5-22(6-8-25)23-11-15-34(16-12-23)29(37)38/h5-11,13,19-20H,12,14-18H2,1-4H3,(H,37,38). The first-order chi connectivity index (χ1) is 19.1. The van der Waals surface area contributed by atoms with Gasteiger partial charge in [0.25, 0.3) is 0 Å². The van der Waals surface area contributed by atoms with Crippen molar-refractivity contribution in [3.8, 4) is 16.9 Å². The molecule has 3 aromatic rings. The van der Waals surface area contributed by atoms with Crippen LogP contribution in [0.4, 0.5) is 9.59 Å². The third-order valence-electron chi connectivity index (χ3n) is 7.20. The first kappa shape index (κ1) is 27.2. The normalized spacial score (nSPS) is 15.9. The Hall–Kier alpha value is -4.40. The van der Waals surface area contributed by atoms with E-state index in [9.17, 15) is 9.59 Å². The van der Waals surface area contributed by atoms with Crippen molar-refractivity contribution in [2.45, 2.75) is 46.1 Å². The molecule has 5 rings (SSSR count). The molecular formula is C31H35N5O4. The number of ether oxygens (including phenoxy) is 1. The van der Waals surface area contributed by atoms with Crippen LogP contribution < -0.4 is 0 Å². The van der Waals surface area contributed by atoms with Gasteiger partial charge in [-0.2, -0.15) is 0 Å². The molecule has 0 saturated carbocycles. The van der Waals surface area contributed by atoms with E-state index in [1.165, 1.54) is 10.5 Å². The van der Waals surface area contributed by atoms with Crippen molar-refractivity contribution in [2.75, 3.05) is 26.2 Å². The number of nitrogens with zero attached hydrogens (tertiary/aromatic N) is 5. The minimum atomic E-state index is -0.878. The summed E-state index contributed by atoms with van der Waals surface area (Å²) in [6.07, 6.45) is 6.34. The zero-order valence-corrected chi connectivity index (χ0v) is 23.4. The Labute approximate surface area is 234 Å². The van der Waals surface area contributed by atoms with Gasteiger partial charge in [-0.15, -0.1) is 5.10 Å². The van der Waals surface area contributed by atoms with Crippen molar-refractivity contribution >= 4 is 23.3 Å². The van der Waals surface area contributed by atoms with Crippen LogP contribution in [0, 0.1) is 6.92 Å². The van der Waals surface area contributed by atoms with Gasteiger partial charge in [-0.05, 0) is 80.5 Å². The van der Waals surface area contributed by atoms with E-state index >= 15 is 0 Å². The second-order valence-corrected chi connectivity index (χ2v) is 11.2. The van der Waals surface area contributed by atoms with E-state index in [0.29, 0.717) is 32.6 Å². The Kier molecular flexibility index (Phi) is 7.47. The number of aryl methyl sites for hydroxylation is 1. The SMILES string of the molecule is Cc1cc(C2=CCN(C(=O)OC(C)(C)C)CC2)ccc1-n1cc(-c2ccc(C3=CCN(C(=O)O)CC3)cc2)nn1. The number of hydrogen-bond acceptors (Lipinski definition) is 5. The predicted molar refractivity (Wildman–Crippen MR) is 154 cm³/mol. The van der Waals surface area contributed by atoms with Gasteiger partial charge in [0.2, 0.25) is 0 Å². The lowest BCUT2D eigenvalue weighted by atomic mass is 9.97. The third kappa shape index (κ3) is 6.09. The van der Waals surface area contributed by atoms with Crippen LogP contribution in [0.3, 0.4) is 0 Å². The summed E-state index contributed by atoms with van der Waals surface area (Å²) < 4.78 is 7.30. The highest BCUT2D eigenvalue weighted by Crippen LogP contribution is 2.28. The highest BCUT2D eigenvalue weighted by Gasteiger charge is 2.24. The van der Waals surface area contributed by atoms with E-state index in [1.54, 1.807) is 9.58 Å². The number of hydrogen-bond donors (Lipinski definition) is 1. The molecule has 2 aliphatic heterocycles. The van der Waals surface area contributed by atoms with Crippen LogP contribution >= 0.6 is 0 Å². The summed E-state index contributed by atoms with van der Waals surface area (Å²) in [4.78, 5) is 26.7. The van der Waals surface area contributed by atoms with E-state index < -0.39 is 11.7 Å². The summed E-state index contributed by atoms with van der Waals surface area (Å²) in [5, 5.41) is 17.9. The number of amides is 2. The highest BCUT2D eigenvalue weighted by atomic mass is 16.6. The van der Waals surface area contributed by atoms with Crippen molar-refractivity contribution in [3.63, 3.8) is 0 Å². The van der Waals surface area contributed by atoms with Gasteiger partial charge in [0.1, 0.15) is 11.3 Å². The molecule has 0 spiro atoms. The molecule has 0 radical (unpaired) electrons. The van der Waals surface area contributed by atoms with Crippen LogP contribution in [-0.2, 0) is 4.74 Å².